The summed E-state index contributed by atoms with van der Waals surface area (Å²) in [5, 5.41) is 23.7. The number of ether oxygens (including phenoxy) is 1. The number of nitrogens with one attached hydrogen (secondary N) is 1. The maximum absolute atomic E-state index is 10.6. The van der Waals surface area contributed by atoms with Gasteiger partial charge in [-0.15, -0.1) is 0 Å². The molecule has 3 rings (SSSR count). The molecule has 0 amide bonds. The Morgan fingerprint density at radius 3 is 2.48 bits per heavy atom. The molecule has 0 spiro atoms. The van der Waals surface area contributed by atoms with Crippen LogP contribution < -0.4 is 10.1 Å². The fourth-order valence-corrected chi connectivity index (χ4v) is 3.57. The van der Waals surface area contributed by atoms with Gasteiger partial charge >= 0.3 is 0 Å². The number of aliphatic hydroxyl groups is 1. The second-order valence-electron chi connectivity index (χ2n) is 6.82. The first-order chi connectivity index (χ1) is 12.2. The Bertz CT molecular complexity index is 654. The van der Waals surface area contributed by atoms with E-state index in [1.807, 2.05) is 12.1 Å². The van der Waals surface area contributed by atoms with Crippen LogP contribution in [0, 0.1) is 0 Å². The summed E-state index contributed by atoms with van der Waals surface area (Å²) >= 11 is 0. The molecule has 0 radical (unpaired) electrons. The highest BCUT2D eigenvalue weighted by Crippen LogP contribution is 2.27. The minimum Gasteiger partial charge on any atom is -0.508 e. The van der Waals surface area contributed by atoms with Crippen molar-refractivity contribution in [3.63, 3.8) is 0 Å². The second-order valence-corrected chi connectivity index (χ2v) is 6.82. The highest BCUT2D eigenvalue weighted by molar-refractivity contribution is 5.28. The van der Waals surface area contributed by atoms with Gasteiger partial charge < -0.3 is 20.3 Å². The number of aliphatic hydroxyl groups excluding tert-OH is 1. The van der Waals surface area contributed by atoms with E-state index in [1.54, 1.807) is 31.4 Å². The van der Waals surface area contributed by atoms with Gasteiger partial charge in [0.15, 0.2) is 0 Å². The van der Waals surface area contributed by atoms with Crippen LogP contribution >= 0.6 is 0 Å². The zero-order valence-corrected chi connectivity index (χ0v) is 14.7. The first-order valence-corrected chi connectivity index (χ1v) is 9.01. The lowest BCUT2D eigenvalue weighted by Gasteiger charge is -2.34. The van der Waals surface area contributed by atoms with E-state index < -0.39 is 6.10 Å². The SMILES string of the molecule is COc1ccc(CCC2CCCC(C(O)c3ccc(O)cc3)N2)cc1. The molecular weight excluding hydrogens is 314 g/mol. The van der Waals surface area contributed by atoms with E-state index in [2.05, 4.69) is 17.4 Å². The molecule has 3 atom stereocenters. The molecule has 0 aromatic heterocycles. The zero-order valence-electron chi connectivity index (χ0n) is 14.7. The van der Waals surface area contributed by atoms with Gasteiger partial charge in [-0.25, -0.2) is 0 Å². The summed E-state index contributed by atoms with van der Waals surface area (Å²) in [6.45, 7) is 0. The maximum atomic E-state index is 10.6. The van der Waals surface area contributed by atoms with Crippen LogP contribution in [-0.4, -0.2) is 29.4 Å². The van der Waals surface area contributed by atoms with Crippen LogP contribution in [0.15, 0.2) is 48.5 Å². The average Bonchev–Trinajstić information content (AvgIpc) is 2.67. The van der Waals surface area contributed by atoms with Crippen molar-refractivity contribution >= 4 is 0 Å². The zero-order chi connectivity index (χ0) is 17.6. The smallest absolute Gasteiger partial charge is 0.118 e. The monoisotopic (exact) mass is 341 g/mol. The molecule has 3 unspecified atom stereocenters. The van der Waals surface area contributed by atoms with Gasteiger partial charge in [0.2, 0.25) is 0 Å². The Kier molecular flexibility index (Phi) is 5.95. The molecule has 134 valence electrons. The van der Waals surface area contributed by atoms with E-state index >= 15 is 0 Å². The van der Waals surface area contributed by atoms with Crippen molar-refractivity contribution in [3.05, 3.63) is 59.7 Å². The van der Waals surface area contributed by atoms with Crippen LogP contribution in [0.5, 0.6) is 11.5 Å². The first kappa shape index (κ1) is 17.8. The number of methoxy groups -OCH3 is 1. The number of hydrogen-bond acceptors (Lipinski definition) is 4. The topological polar surface area (TPSA) is 61.7 Å². The minimum absolute atomic E-state index is 0.0687. The third kappa shape index (κ3) is 4.74. The molecule has 4 nitrogen and oxygen atoms in total. The summed E-state index contributed by atoms with van der Waals surface area (Å²) in [7, 11) is 1.68. The number of phenolic OH excluding ortho intramolecular Hbond substituents is 1. The van der Waals surface area contributed by atoms with Crippen molar-refractivity contribution in [2.75, 3.05) is 7.11 Å². The molecular formula is C21H27NO3. The third-order valence-corrected chi connectivity index (χ3v) is 5.07. The van der Waals surface area contributed by atoms with Gasteiger partial charge in [0.05, 0.1) is 13.2 Å². The van der Waals surface area contributed by atoms with Crippen LogP contribution in [0.2, 0.25) is 0 Å². The fourth-order valence-electron chi connectivity index (χ4n) is 3.57. The van der Waals surface area contributed by atoms with E-state index in [0.29, 0.717) is 6.04 Å². The molecule has 0 aliphatic carbocycles. The Balaban J connectivity index is 1.54. The van der Waals surface area contributed by atoms with Crippen LogP contribution in [0.1, 0.15) is 42.9 Å². The van der Waals surface area contributed by atoms with Crippen molar-refractivity contribution in [1.29, 1.82) is 0 Å². The van der Waals surface area contributed by atoms with E-state index in [-0.39, 0.29) is 11.8 Å². The number of benzene rings is 2. The molecule has 1 heterocycles. The molecule has 3 N–H and O–H groups in total. The van der Waals surface area contributed by atoms with Gasteiger partial charge in [0.25, 0.3) is 0 Å². The molecule has 25 heavy (non-hydrogen) atoms. The van der Waals surface area contributed by atoms with Gasteiger partial charge in [-0.05, 0) is 61.1 Å². The number of rotatable bonds is 6. The highest BCUT2D eigenvalue weighted by atomic mass is 16.5. The van der Waals surface area contributed by atoms with Crippen LogP contribution in [0.4, 0.5) is 0 Å². The average molecular weight is 341 g/mol. The number of piperidine rings is 1. The summed E-state index contributed by atoms with van der Waals surface area (Å²) in [6, 6.07) is 15.6. The predicted molar refractivity (Wildman–Crippen MR) is 98.9 cm³/mol. The largest absolute Gasteiger partial charge is 0.508 e. The summed E-state index contributed by atoms with van der Waals surface area (Å²) < 4.78 is 5.20. The minimum atomic E-state index is -0.538. The normalized spacial score (nSPS) is 21.7. The van der Waals surface area contributed by atoms with Gasteiger partial charge in [0, 0.05) is 12.1 Å². The van der Waals surface area contributed by atoms with E-state index in [4.69, 9.17) is 4.74 Å². The molecule has 1 aliphatic heterocycles. The van der Waals surface area contributed by atoms with E-state index in [1.165, 1.54) is 5.56 Å². The fraction of sp³-hybridized carbons (Fsp3) is 0.429. The Labute approximate surface area is 149 Å². The molecule has 0 saturated carbocycles. The van der Waals surface area contributed by atoms with Crippen molar-refractivity contribution in [1.82, 2.24) is 5.32 Å². The van der Waals surface area contributed by atoms with Gasteiger partial charge in [-0.3, -0.25) is 0 Å². The van der Waals surface area contributed by atoms with Crippen LogP contribution in [0.3, 0.4) is 0 Å². The van der Waals surface area contributed by atoms with Crippen molar-refractivity contribution in [2.45, 2.75) is 50.3 Å². The summed E-state index contributed by atoms with van der Waals surface area (Å²) in [5.74, 6) is 1.11. The van der Waals surface area contributed by atoms with Gasteiger partial charge in [-0.2, -0.15) is 0 Å². The lowest BCUT2D eigenvalue weighted by molar-refractivity contribution is 0.0999. The van der Waals surface area contributed by atoms with Crippen LogP contribution in [-0.2, 0) is 6.42 Å². The standard InChI is InChI=1S/C21H27NO3/c1-25-19-13-6-15(7-14-19)5-10-17-3-2-4-20(22-17)21(24)16-8-11-18(23)12-9-16/h6-9,11-14,17,20-24H,2-5,10H2,1H3. The Morgan fingerprint density at radius 2 is 1.80 bits per heavy atom. The molecule has 1 fully saturated rings. The summed E-state index contributed by atoms with van der Waals surface area (Å²) in [4.78, 5) is 0. The molecule has 1 aliphatic rings. The molecule has 2 aromatic carbocycles. The van der Waals surface area contributed by atoms with E-state index in [0.717, 1.165) is 43.4 Å². The second kappa shape index (κ2) is 8.37. The van der Waals surface area contributed by atoms with Crippen molar-refractivity contribution in [2.24, 2.45) is 0 Å². The van der Waals surface area contributed by atoms with Gasteiger partial charge in [0.1, 0.15) is 11.5 Å². The van der Waals surface area contributed by atoms with Gasteiger partial charge in [-0.1, -0.05) is 30.7 Å². The highest BCUT2D eigenvalue weighted by Gasteiger charge is 2.27. The summed E-state index contributed by atoms with van der Waals surface area (Å²) in [6.07, 6.45) is 4.79. The number of aryl methyl sites for hydroxylation is 1. The molecule has 1 saturated heterocycles. The third-order valence-electron chi connectivity index (χ3n) is 5.07. The maximum Gasteiger partial charge on any atom is 0.118 e. The number of aromatic hydroxyl groups is 1. The number of phenols is 1. The van der Waals surface area contributed by atoms with E-state index in [9.17, 15) is 10.2 Å². The lowest BCUT2D eigenvalue weighted by atomic mass is 9.89. The Morgan fingerprint density at radius 1 is 1.08 bits per heavy atom. The molecule has 2 aromatic rings. The quantitative estimate of drug-likeness (QED) is 0.751. The van der Waals surface area contributed by atoms with Crippen molar-refractivity contribution in [3.8, 4) is 11.5 Å². The summed E-state index contributed by atoms with van der Waals surface area (Å²) in [5.41, 5.74) is 2.16. The van der Waals surface area contributed by atoms with Crippen molar-refractivity contribution < 1.29 is 14.9 Å². The molecule has 4 heteroatoms. The van der Waals surface area contributed by atoms with Crippen LogP contribution in [0.25, 0.3) is 0 Å². The Hall–Kier alpha value is -2.04. The number of hydrogen-bond donors (Lipinski definition) is 3. The predicted octanol–water partition coefficient (Wildman–Crippen LogP) is 3.58. The first-order valence-electron chi connectivity index (χ1n) is 9.01. The lowest BCUT2D eigenvalue weighted by Crippen LogP contribution is -2.45. The molecule has 0 bridgehead atoms.